The highest BCUT2D eigenvalue weighted by atomic mass is 16.5. The minimum atomic E-state index is 0.498. The number of nitrogens with one attached hydrogen (secondary N) is 1. The predicted octanol–water partition coefficient (Wildman–Crippen LogP) is 2.96. The monoisotopic (exact) mass is 219 g/mol. The van der Waals surface area contributed by atoms with Crippen LogP contribution in [0.3, 0.4) is 0 Å². The predicted molar refractivity (Wildman–Crippen MR) is 69.1 cm³/mol. The zero-order chi connectivity index (χ0) is 11.8. The molecule has 0 saturated carbocycles. The van der Waals surface area contributed by atoms with E-state index < -0.39 is 0 Å². The Kier molecular flexibility index (Phi) is 5.65. The average Bonchev–Trinajstić information content (AvgIpc) is 2.29. The summed E-state index contributed by atoms with van der Waals surface area (Å²) in [5.41, 5.74) is 1.27. The number of likely N-dealkylation sites (N-methyl/N-ethyl adjacent to an activating group) is 1. The fraction of sp³-hybridized carbons (Fsp3) is 0.429. The summed E-state index contributed by atoms with van der Waals surface area (Å²) in [6, 6.07) is 8.22. The minimum Gasteiger partial charge on any atom is -0.489 e. The molecule has 1 N–H and O–H groups in total. The molecule has 0 unspecified atom stereocenters. The Morgan fingerprint density at radius 2 is 2.00 bits per heavy atom. The van der Waals surface area contributed by atoms with Gasteiger partial charge in [-0.3, -0.25) is 0 Å². The third kappa shape index (κ3) is 4.07. The third-order valence-electron chi connectivity index (χ3n) is 2.36. The second-order valence-electron chi connectivity index (χ2n) is 4.03. The quantitative estimate of drug-likeness (QED) is 0.743. The van der Waals surface area contributed by atoms with Gasteiger partial charge < -0.3 is 10.1 Å². The van der Waals surface area contributed by atoms with Gasteiger partial charge in [0.05, 0.1) is 0 Å². The van der Waals surface area contributed by atoms with Crippen molar-refractivity contribution in [1.29, 1.82) is 0 Å². The van der Waals surface area contributed by atoms with Crippen LogP contribution >= 0.6 is 0 Å². The number of benzene rings is 1. The van der Waals surface area contributed by atoms with E-state index in [0.717, 1.165) is 12.3 Å². The first-order valence-electron chi connectivity index (χ1n) is 5.77. The molecule has 1 rings (SSSR count). The van der Waals surface area contributed by atoms with Crippen molar-refractivity contribution in [2.75, 3.05) is 20.2 Å². The molecule has 0 heterocycles. The van der Waals surface area contributed by atoms with Gasteiger partial charge in [0, 0.05) is 6.54 Å². The smallest absolute Gasteiger partial charge is 0.123 e. The molecule has 0 aliphatic carbocycles. The lowest BCUT2D eigenvalue weighted by molar-refractivity contribution is 0.357. The van der Waals surface area contributed by atoms with Crippen molar-refractivity contribution in [2.24, 2.45) is 0 Å². The molecule has 0 aliphatic rings. The van der Waals surface area contributed by atoms with Gasteiger partial charge in [-0.05, 0) is 24.6 Å². The molecule has 0 fully saturated rings. The molecule has 16 heavy (non-hydrogen) atoms. The Morgan fingerprint density at radius 3 is 2.69 bits per heavy atom. The van der Waals surface area contributed by atoms with Gasteiger partial charge in [0.15, 0.2) is 0 Å². The van der Waals surface area contributed by atoms with E-state index in [1.54, 1.807) is 0 Å². The highest BCUT2D eigenvalue weighted by Crippen LogP contribution is 2.25. The van der Waals surface area contributed by atoms with Gasteiger partial charge in [0.2, 0.25) is 0 Å². The zero-order valence-electron chi connectivity index (χ0n) is 10.4. The molecule has 0 radical (unpaired) electrons. The Labute approximate surface area is 98.3 Å². The average molecular weight is 219 g/mol. The van der Waals surface area contributed by atoms with E-state index in [0.29, 0.717) is 12.5 Å². The van der Waals surface area contributed by atoms with Crippen molar-refractivity contribution in [3.63, 3.8) is 0 Å². The van der Waals surface area contributed by atoms with Crippen LogP contribution < -0.4 is 10.1 Å². The van der Waals surface area contributed by atoms with Crippen LogP contribution in [-0.4, -0.2) is 20.2 Å². The summed E-state index contributed by atoms with van der Waals surface area (Å²) in [5.74, 6) is 1.49. The van der Waals surface area contributed by atoms with Crippen LogP contribution in [0.15, 0.2) is 36.4 Å². The van der Waals surface area contributed by atoms with E-state index in [1.165, 1.54) is 5.56 Å². The molecule has 0 bridgehead atoms. The maximum atomic E-state index is 5.73. The van der Waals surface area contributed by atoms with Crippen molar-refractivity contribution >= 4 is 0 Å². The lowest BCUT2D eigenvalue weighted by Gasteiger charge is -2.12. The Hall–Kier alpha value is -1.28. The highest BCUT2D eigenvalue weighted by molar-refractivity contribution is 5.35. The molecule has 88 valence electrons. The molecule has 1 aromatic rings. The van der Waals surface area contributed by atoms with Crippen molar-refractivity contribution in [2.45, 2.75) is 19.8 Å². The van der Waals surface area contributed by atoms with Crippen molar-refractivity contribution in [1.82, 2.24) is 5.32 Å². The number of para-hydroxylation sites is 1. The van der Waals surface area contributed by atoms with E-state index in [9.17, 15) is 0 Å². The molecule has 0 aromatic heterocycles. The summed E-state index contributed by atoms with van der Waals surface area (Å²) in [6.07, 6.45) is 4.10. The first-order valence-corrected chi connectivity index (χ1v) is 5.77. The Bertz CT molecular complexity index is 331. The maximum Gasteiger partial charge on any atom is 0.123 e. The van der Waals surface area contributed by atoms with Crippen molar-refractivity contribution < 1.29 is 4.74 Å². The van der Waals surface area contributed by atoms with Gasteiger partial charge in [-0.25, -0.2) is 0 Å². The van der Waals surface area contributed by atoms with E-state index in [-0.39, 0.29) is 0 Å². The van der Waals surface area contributed by atoms with Gasteiger partial charge in [-0.15, -0.1) is 0 Å². The standard InChI is InChI=1S/C14H21NO/c1-12(2)13-8-4-5-9-14(13)16-11-7-6-10-15-3/h4-9,12,15H,10-11H2,1-3H3/b7-6+. The summed E-state index contributed by atoms with van der Waals surface area (Å²) < 4.78 is 5.73. The third-order valence-corrected chi connectivity index (χ3v) is 2.36. The van der Waals surface area contributed by atoms with Crippen LogP contribution in [0.1, 0.15) is 25.3 Å². The molecule has 0 spiro atoms. The van der Waals surface area contributed by atoms with Gasteiger partial charge in [0.1, 0.15) is 12.4 Å². The van der Waals surface area contributed by atoms with Crippen LogP contribution in [0.5, 0.6) is 5.75 Å². The SMILES string of the molecule is CNC/C=C/COc1ccccc1C(C)C. The molecular weight excluding hydrogens is 198 g/mol. The van der Waals surface area contributed by atoms with Gasteiger partial charge in [0.25, 0.3) is 0 Å². The van der Waals surface area contributed by atoms with Crippen molar-refractivity contribution in [3.05, 3.63) is 42.0 Å². The van der Waals surface area contributed by atoms with Gasteiger partial charge in [-0.2, -0.15) is 0 Å². The highest BCUT2D eigenvalue weighted by Gasteiger charge is 2.05. The summed E-state index contributed by atoms with van der Waals surface area (Å²) in [4.78, 5) is 0. The van der Waals surface area contributed by atoms with Gasteiger partial charge in [-0.1, -0.05) is 44.2 Å². The van der Waals surface area contributed by atoms with Crippen LogP contribution in [0, 0.1) is 0 Å². The first-order chi connectivity index (χ1) is 7.75. The first kappa shape index (κ1) is 12.8. The van der Waals surface area contributed by atoms with E-state index in [2.05, 4.69) is 37.4 Å². The molecule has 0 amide bonds. The normalized spacial score (nSPS) is 11.2. The topological polar surface area (TPSA) is 21.3 Å². The molecule has 0 aliphatic heterocycles. The Morgan fingerprint density at radius 1 is 1.25 bits per heavy atom. The Balaban J connectivity index is 2.53. The van der Waals surface area contributed by atoms with Crippen LogP contribution in [-0.2, 0) is 0 Å². The van der Waals surface area contributed by atoms with E-state index in [1.807, 2.05) is 25.3 Å². The molecule has 2 heteroatoms. The van der Waals surface area contributed by atoms with E-state index >= 15 is 0 Å². The molecular formula is C14H21NO. The second kappa shape index (κ2) is 7.07. The minimum absolute atomic E-state index is 0.498. The maximum absolute atomic E-state index is 5.73. The van der Waals surface area contributed by atoms with Gasteiger partial charge >= 0.3 is 0 Å². The van der Waals surface area contributed by atoms with Crippen molar-refractivity contribution in [3.8, 4) is 5.75 Å². The summed E-state index contributed by atoms with van der Waals surface area (Å²) in [5, 5.41) is 3.05. The van der Waals surface area contributed by atoms with Crippen LogP contribution in [0.2, 0.25) is 0 Å². The van der Waals surface area contributed by atoms with Crippen LogP contribution in [0.25, 0.3) is 0 Å². The fourth-order valence-corrected chi connectivity index (χ4v) is 1.50. The lowest BCUT2D eigenvalue weighted by Crippen LogP contribution is -2.05. The molecule has 0 atom stereocenters. The largest absolute Gasteiger partial charge is 0.489 e. The lowest BCUT2D eigenvalue weighted by atomic mass is 10.0. The zero-order valence-corrected chi connectivity index (χ0v) is 10.4. The molecule has 1 aromatic carbocycles. The van der Waals surface area contributed by atoms with Crippen LogP contribution in [0.4, 0.5) is 0 Å². The molecule has 2 nitrogen and oxygen atoms in total. The second-order valence-corrected chi connectivity index (χ2v) is 4.03. The summed E-state index contributed by atoms with van der Waals surface area (Å²) in [7, 11) is 1.93. The number of ether oxygens (including phenoxy) is 1. The summed E-state index contributed by atoms with van der Waals surface area (Å²) in [6.45, 7) is 5.87. The summed E-state index contributed by atoms with van der Waals surface area (Å²) >= 11 is 0. The van der Waals surface area contributed by atoms with E-state index in [4.69, 9.17) is 4.74 Å². The molecule has 0 saturated heterocycles. The number of hydrogen-bond donors (Lipinski definition) is 1. The number of rotatable bonds is 6. The number of hydrogen-bond acceptors (Lipinski definition) is 2. The fourth-order valence-electron chi connectivity index (χ4n) is 1.50.